The first-order valence-corrected chi connectivity index (χ1v) is 8.52. The summed E-state index contributed by atoms with van der Waals surface area (Å²) < 4.78 is 1.11. The Kier molecular flexibility index (Phi) is 6.52. The summed E-state index contributed by atoms with van der Waals surface area (Å²) in [6.07, 6.45) is 7.16. The molecule has 1 fully saturated rings. The Labute approximate surface area is 141 Å². The van der Waals surface area contributed by atoms with Crippen LogP contribution in [0.25, 0.3) is 0 Å². The van der Waals surface area contributed by atoms with Crippen LogP contribution in [-0.4, -0.2) is 32.8 Å². The van der Waals surface area contributed by atoms with E-state index in [-0.39, 0.29) is 29.6 Å². The normalized spacial score (nSPS) is 16.5. The molecule has 2 rings (SSSR count). The molecule has 7 nitrogen and oxygen atoms in total. The van der Waals surface area contributed by atoms with E-state index >= 15 is 0 Å². The van der Waals surface area contributed by atoms with E-state index < -0.39 is 5.97 Å². The van der Waals surface area contributed by atoms with Gasteiger partial charge in [-0.1, -0.05) is 32.1 Å². The number of hydrogen-bond acceptors (Lipinski definition) is 4. The zero-order chi connectivity index (χ0) is 17.5. The van der Waals surface area contributed by atoms with E-state index in [2.05, 4.69) is 10.4 Å². The number of carboxylic acids is 1. The van der Waals surface area contributed by atoms with Crippen molar-refractivity contribution >= 4 is 11.9 Å². The molecule has 0 radical (unpaired) electrons. The SMILES string of the molecule is Cn1nc(C(=O)NC(CCC(=O)O)CC2CCCCC2)ccc1=O. The summed E-state index contributed by atoms with van der Waals surface area (Å²) in [6.45, 7) is 0. The number of nitrogens with zero attached hydrogens (tertiary/aromatic N) is 2. The van der Waals surface area contributed by atoms with Gasteiger partial charge in [-0.15, -0.1) is 0 Å². The molecule has 0 aliphatic heterocycles. The van der Waals surface area contributed by atoms with Crippen molar-refractivity contribution in [1.82, 2.24) is 15.1 Å². The maximum absolute atomic E-state index is 12.4. The lowest BCUT2D eigenvalue weighted by atomic mass is 9.84. The molecule has 1 aliphatic rings. The summed E-state index contributed by atoms with van der Waals surface area (Å²) in [5, 5.41) is 15.8. The molecular formula is C17H25N3O4. The zero-order valence-electron chi connectivity index (χ0n) is 14.0. The highest BCUT2D eigenvalue weighted by Gasteiger charge is 2.22. The minimum Gasteiger partial charge on any atom is -0.481 e. The predicted molar refractivity (Wildman–Crippen MR) is 88.8 cm³/mol. The molecule has 1 saturated carbocycles. The monoisotopic (exact) mass is 335 g/mol. The van der Waals surface area contributed by atoms with Gasteiger partial charge in [-0.25, -0.2) is 4.68 Å². The molecule has 1 aromatic rings. The lowest BCUT2D eigenvalue weighted by molar-refractivity contribution is -0.137. The largest absolute Gasteiger partial charge is 0.481 e. The highest BCUT2D eigenvalue weighted by Crippen LogP contribution is 2.28. The summed E-state index contributed by atoms with van der Waals surface area (Å²) in [5.41, 5.74) is -0.114. The van der Waals surface area contributed by atoms with E-state index in [1.54, 1.807) is 0 Å². The molecule has 0 spiro atoms. The first kappa shape index (κ1) is 18.2. The van der Waals surface area contributed by atoms with Crippen molar-refractivity contribution in [2.75, 3.05) is 0 Å². The fraction of sp³-hybridized carbons (Fsp3) is 0.647. The number of aromatic nitrogens is 2. The maximum atomic E-state index is 12.4. The number of carbonyl (C=O) groups is 2. The highest BCUT2D eigenvalue weighted by atomic mass is 16.4. The minimum atomic E-state index is -0.863. The van der Waals surface area contributed by atoms with Crippen molar-refractivity contribution in [3.05, 3.63) is 28.2 Å². The quantitative estimate of drug-likeness (QED) is 0.790. The van der Waals surface area contributed by atoms with Crippen LogP contribution in [0.5, 0.6) is 0 Å². The van der Waals surface area contributed by atoms with Gasteiger partial charge in [0.25, 0.3) is 11.5 Å². The van der Waals surface area contributed by atoms with Gasteiger partial charge in [0, 0.05) is 25.6 Å². The average molecular weight is 335 g/mol. The Morgan fingerprint density at radius 3 is 2.67 bits per heavy atom. The van der Waals surface area contributed by atoms with E-state index in [9.17, 15) is 14.4 Å². The molecule has 24 heavy (non-hydrogen) atoms. The predicted octanol–water partition coefficient (Wildman–Crippen LogP) is 1.71. The van der Waals surface area contributed by atoms with Crippen molar-refractivity contribution in [3.8, 4) is 0 Å². The van der Waals surface area contributed by atoms with E-state index in [0.717, 1.165) is 23.9 Å². The van der Waals surface area contributed by atoms with Crippen LogP contribution in [0.2, 0.25) is 0 Å². The number of amides is 1. The molecule has 1 heterocycles. The third-order valence-electron chi connectivity index (χ3n) is 4.58. The van der Waals surface area contributed by atoms with Gasteiger partial charge in [0.2, 0.25) is 0 Å². The van der Waals surface area contributed by atoms with Gasteiger partial charge in [-0.05, 0) is 24.8 Å². The van der Waals surface area contributed by atoms with Crippen LogP contribution < -0.4 is 10.9 Å². The average Bonchev–Trinajstić information content (AvgIpc) is 2.56. The molecule has 0 saturated heterocycles. The first-order chi connectivity index (χ1) is 11.5. The minimum absolute atomic E-state index is 0.0262. The Balaban J connectivity index is 2.01. The molecule has 0 bridgehead atoms. The van der Waals surface area contributed by atoms with Crippen LogP contribution in [0.3, 0.4) is 0 Å². The number of rotatable bonds is 7. The smallest absolute Gasteiger partial charge is 0.303 e. The van der Waals surface area contributed by atoms with Crippen LogP contribution in [0.1, 0.15) is 61.9 Å². The van der Waals surface area contributed by atoms with Crippen LogP contribution in [0, 0.1) is 5.92 Å². The van der Waals surface area contributed by atoms with Crippen LogP contribution in [-0.2, 0) is 11.8 Å². The lowest BCUT2D eigenvalue weighted by Gasteiger charge is -2.27. The Hall–Kier alpha value is -2.18. The van der Waals surface area contributed by atoms with Gasteiger partial charge < -0.3 is 10.4 Å². The number of hydrogen-bond donors (Lipinski definition) is 2. The van der Waals surface area contributed by atoms with Gasteiger partial charge >= 0.3 is 5.97 Å². The number of aliphatic carboxylic acids is 1. The van der Waals surface area contributed by atoms with Crippen LogP contribution in [0.15, 0.2) is 16.9 Å². The summed E-state index contributed by atoms with van der Waals surface area (Å²) in [6, 6.07) is 2.51. The summed E-state index contributed by atoms with van der Waals surface area (Å²) in [7, 11) is 1.49. The second-order valence-corrected chi connectivity index (χ2v) is 6.52. The molecule has 0 aromatic carbocycles. The molecule has 1 aromatic heterocycles. The van der Waals surface area contributed by atoms with Crippen molar-refractivity contribution in [2.24, 2.45) is 13.0 Å². The number of carboxylic acid groups (broad SMARTS) is 1. The highest BCUT2D eigenvalue weighted by molar-refractivity contribution is 5.92. The zero-order valence-corrected chi connectivity index (χ0v) is 14.0. The first-order valence-electron chi connectivity index (χ1n) is 8.52. The fourth-order valence-corrected chi connectivity index (χ4v) is 3.25. The Morgan fingerprint density at radius 1 is 1.33 bits per heavy atom. The second-order valence-electron chi connectivity index (χ2n) is 6.52. The van der Waals surface area contributed by atoms with Gasteiger partial charge in [0.1, 0.15) is 5.69 Å². The standard InChI is InChI=1S/C17H25N3O4/c1-20-15(21)9-8-14(19-20)17(24)18-13(7-10-16(22)23)11-12-5-3-2-4-6-12/h8-9,12-13H,2-7,10-11H2,1H3,(H,18,24)(H,22,23). The van der Waals surface area contributed by atoms with E-state index in [1.807, 2.05) is 0 Å². The van der Waals surface area contributed by atoms with Crippen molar-refractivity contribution in [2.45, 2.75) is 57.4 Å². The maximum Gasteiger partial charge on any atom is 0.303 e. The lowest BCUT2D eigenvalue weighted by Crippen LogP contribution is -2.38. The van der Waals surface area contributed by atoms with E-state index in [1.165, 1.54) is 38.4 Å². The molecule has 1 aliphatic carbocycles. The van der Waals surface area contributed by atoms with Crippen LogP contribution in [0.4, 0.5) is 0 Å². The van der Waals surface area contributed by atoms with Gasteiger partial charge in [-0.3, -0.25) is 14.4 Å². The third kappa shape index (κ3) is 5.47. The summed E-state index contributed by atoms with van der Waals surface area (Å²) in [4.78, 5) is 34.6. The van der Waals surface area contributed by atoms with E-state index in [0.29, 0.717) is 12.3 Å². The van der Waals surface area contributed by atoms with Crippen molar-refractivity contribution < 1.29 is 14.7 Å². The second kappa shape index (κ2) is 8.61. The number of carbonyl (C=O) groups excluding carboxylic acids is 1. The molecule has 7 heteroatoms. The van der Waals surface area contributed by atoms with Crippen LogP contribution >= 0.6 is 0 Å². The molecular weight excluding hydrogens is 310 g/mol. The van der Waals surface area contributed by atoms with Gasteiger partial charge in [0.05, 0.1) is 0 Å². The molecule has 1 amide bonds. The third-order valence-corrected chi connectivity index (χ3v) is 4.58. The molecule has 2 N–H and O–H groups in total. The molecule has 132 valence electrons. The molecule has 1 unspecified atom stereocenters. The fourth-order valence-electron chi connectivity index (χ4n) is 3.25. The number of nitrogens with one attached hydrogen (secondary N) is 1. The van der Waals surface area contributed by atoms with Crippen molar-refractivity contribution in [1.29, 1.82) is 0 Å². The van der Waals surface area contributed by atoms with Gasteiger partial charge in [0.15, 0.2) is 0 Å². The number of aryl methyl sites for hydroxylation is 1. The van der Waals surface area contributed by atoms with Crippen molar-refractivity contribution in [3.63, 3.8) is 0 Å². The Morgan fingerprint density at radius 2 is 2.04 bits per heavy atom. The Bertz CT molecular complexity index is 635. The summed E-state index contributed by atoms with van der Waals surface area (Å²) in [5.74, 6) is -0.694. The van der Waals surface area contributed by atoms with Gasteiger partial charge in [-0.2, -0.15) is 5.10 Å². The molecule has 1 atom stereocenters. The topological polar surface area (TPSA) is 101 Å². The van der Waals surface area contributed by atoms with E-state index in [4.69, 9.17) is 5.11 Å². The summed E-state index contributed by atoms with van der Waals surface area (Å²) >= 11 is 0.